The van der Waals surface area contributed by atoms with E-state index in [4.69, 9.17) is 19.9 Å². The fourth-order valence-electron chi connectivity index (χ4n) is 11.3. The second-order valence-electron chi connectivity index (χ2n) is 23.9. The van der Waals surface area contributed by atoms with E-state index < -0.39 is 183 Å². The van der Waals surface area contributed by atoms with Gasteiger partial charge in [-0.05, 0) is 67.4 Å². The number of phenols is 1. The lowest BCUT2D eigenvalue weighted by Crippen LogP contribution is -2.64. The predicted octanol–water partition coefficient (Wildman–Crippen LogP) is 0.0102. The highest BCUT2D eigenvalue weighted by atomic mass is 32.2. The summed E-state index contributed by atoms with van der Waals surface area (Å²) in [4.78, 5) is 115. The third-order valence-corrected chi connectivity index (χ3v) is 19.1. The number of hydrogen-bond acceptors (Lipinski definition) is 28. The molecule has 9 rings (SSSR count). The zero-order chi connectivity index (χ0) is 71.4. The van der Waals surface area contributed by atoms with Gasteiger partial charge in [-0.3, -0.25) is 38.4 Å². The van der Waals surface area contributed by atoms with Crippen molar-refractivity contribution < 1.29 is 103 Å². The van der Waals surface area contributed by atoms with E-state index in [1.165, 1.54) is 41.7 Å². The number of aliphatic hydroxyl groups is 7. The van der Waals surface area contributed by atoms with Crippen LogP contribution in [0.2, 0.25) is 0 Å². The first kappa shape index (κ1) is 74.3. The number of nitrogens with two attached hydrogens (primary N) is 1. The van der Waals surface area contributed by atoms with Crippen molar-refractivity contribution in [2.45, 2.75) is 138 Å². The lowest BCUT2D eigenvalue weighted by atomic mass is 9.96. The average molecular weight is 1430 g/mol. The number of carbonyl (C=O) groups is 8. The predicted molar refractivity (Wildman–Crippen MR) is 351 cm³/mol. The quantitative estimate of drug-likeness (QED) is 0.0184. The lowest BCUT2D eigenvalue weighted by molar-refractivity contribution is -0.433. The third kappa shape index (κ3) is 18.3. The number of phenolic OH excluding ortho intramolecular Hbond substituents is 1. The number of β-amino-alcohol motifs (C(OH)–C–C–N with tert-alkyl or cyclic N) is 1. The number of primary amides is 1. The summed E-state index contributed by atoms with van der Waals surface area (Å²) in [5.74, 6) is -11.2. The van der Waals surface area contributed by atoms with Crippen molar-refractivity contribution in [2.75, 3.05) is 26.2 Å². The normalized spacial score (nSPS) is 24.0. The molecular weight excluding hydrogens is 1360 g/mol. The second kappa shape index (κ2) is 33.8. The Morgan fingerprint density at radius 3 is 1.85 bits per heavy atom. The van der Waals surface area contributed by atoms with Gasteiger partial charge in [0.15, 0.2) is 11.5 Å². The molecule has 99 heavy (non-hydrogen) atoms. The Hall–Kier alpha value is -8.89. The number of amides is 8. The summed E-state index contributed by atoms with van der Waals surface area (Å²) >= 11 is 2.68. The SMILES string of the molecule is CCCCCOc1ccc(-c2nnc(-c3ccc(-c4nnc(-c5ccc(C(=O)N[C@H]6CC(O)CNC(=O)C7C(O)C(C)CN7C(=O)C(C(O)CC(N)=O)NC(=O)C(C(O)C(O)c7ccc(O)c(OSOOO)c7)NC(=O)C7CC(O)CN7C(=O)C(C(C)O)NC6=O)cc5)s4)cc3)s2)cc1. The van der Waals surface area contributed by atoms with Crippen LogP contribution in [0.15, 0.2) is 91.0 Å². The van der Waals surface area contributed by atoms with Crippen LogP contribution in [0.4, 0.5) is 0 Å². The fraction of sp³-hybridized carbons (Fsp3) is 0.429. The number of rotatable bonds is 22. The molecular formula is C63H74N12O21S3. The topological polar surface area (TPSA) is 500 Å². The molecule has 3 aliphatic rings. The summed E-state index contributed by atoms with van der Waals surface area (Å²) in [6.45, 7) is 3.45. The van der Waals surface area contributed by atoms with E-state index >= 15 is 0 Å². The largest absolute Gasteiger partial charge is 0.504 e. The molecule has 530 valence electrons. The summed E-state index contributed by atoms with van der Waals surface area (Å²) in [6, 6.07) is 11.8. The maximum atomic E-state index is 14.7. The third-order valence-electron chi connectivity index (χ3n) is 16.7. The number of nitrogens with one attached hydrogen (secondary N) is 5. The first-order valence-corrected chi connectivity index (χ1v) is 33.6. The lowest BCUT2D eigenvalue weighted by Gasteiger charge is -2.34. The molecule has 13 unspecified atom stereocenters. The molecule has 14 atom stereocenters. The molecule has 0 aliphatic carbocycles. The van der Waals surface area contributed by atoms with Crippen LogP contribution in [-0.2, 0) is 42.9 Å². The van der Waals surface area contributed by atoms with Crippen molar-refractivity contribution in [3.05, 3.63) is 102 Å². The van der Waals surface area contributed by atoms with Gasteiger partial charge in [0.05, 0.1) is 43.5 Å². The van der Waals surface area contributed by atoms with Gasteiger partial charge < -0.3 is 91.9 Å². The van der Waals surface area contributed by atoms with Crippen molar-refractivity contribution in [3.8, 4) is 59.5 Å². The Balaban J connectivity index is 0.958. The number of hydrogen-bond donors (Lipinski definition) is 15. The monoisotopic (exact) mass is 1430 g/mol. The van der Waals surface area contributed by atoms with E-state index in [-0.39, 0.29) is 23.5 Å². The Bertz CT molecular complexity index is 3830. The Labute approximate surface area is 576 Å². The highest BCUT2D eigenvalue weighted by Gasteiger charge is 2.50. The molecule has 0 saturated carbocycles. The summed E-state index contributed by atoms with van der Waals surface area (Å²) in [5, 5.41) is 134. The minimum Gasteiger partial charge on any atom is -0.504 e. The van der Waals surface area contributed by atoms with Crippen molar-refractivity contribution in [2.24, 2.45) is 11.7 Å². The summed E-state index contributed by atoms with van der Waals surface area (Å²) in [6.07, 6.45) is -13.0. The molecule has 0 radical (unpaired) electrons. The van der Waals surface area contributed by atoms with Crippen LogP contribution in [0.3, 0.4) is 0 Å². The molecule has 16 N–H and O–H groups in total. The highest BCUT2D eigenvalue weighted by molar-refractivity contribution is 7.90. The molecule has 0 bridgehead atoms. The maximum absolute atomic E-state index is 14.7. The van der Waals surface area contributed by atoms with Gasteiger partial charge in [0.25, 0.3) is 18.2 Å². The van der Waals surface area contributed by atoms with Gasteiger partial charge >= 0.3 is 0 Å². The van der Waals surface area contributed by atoms with Gasteiger partial charge in [0.1, 0.15) is 74.2 Å². The fourth-order valence-corrected chi connectivity index (χ4v) is 13.3. The minimum atomic E-state index is -2.54. The minimum absolute atomic E-state index is 0.0258. The molecule has 5 heterocycles. The Morgan fingerprint density at radius 1 is 0.707 bits per heavy atom. The second-order valence-corrected chi connectivity index (χ2v) is 26.3. The number of benzene rings is 4. The molecule has 36 heteroatoms. The van der Waals surface area contributed by atoms with Gasteiger partial charge in [-0.25, -0.2) is 5.26 Å². The van der Waals surface area contributed by atoms with E-state index in [0.29, 0.717) is 27.2 Å². The van der Waals surface area contributed by atoms with Crippen LogP contribution in [0, 0.1) is 5.92 Å². The summed E-state index contributed by atoms with van der Waals surface area (Å²) in [7, 11) is 0. The number of fused-ring (bicyclic) bond motifs is 2. The number of nitrogens with zero attached hydrogens (tertiary/aromatic N) is 6. The molecule has 3 aliphatic heterocycles. The van der Waals surface area contributed by atoms with Crippen molar-refractivity contribution in [3.63, 3.8) is 0 Å². The number of aliphatic hydroxyl groups excluding tert-OH is 7. The molecule has 33 nitrogen and oxygen atoms in total. The van der Waals surface area contributed by atoms with Crippen LogP contribution in [0.25, 0.3) is 42.3 Å². The average Bonchev–Trinajstić information content (AvgIpc) is 1.76. The molecule has 2 aromatic heterocycles. The van der Waals surface area contributed by atoms with Crippen molar-refractivity contribution in [1.29, 1.82) is 0 Å². The Kier molecular flexibility index (Phi) is 25.4. The smallest absolute Gasteiger partial charge is 0.261 e. The number of unbranched alkanes of at least 4 members (excludes halogenated alkanes) is 2. The van der Waals surface area contributed by atoms with E-state index in [0.717, 1.165) is 81.6 Å². The Morgan fingerprint density at radius 2 is 1.27 bits per heavy atom. The maximum Gasteiger partial charge on any atom is 0.261 e. The zero-order valence-electron chi connectivity index (χ0n) is 53.2. The molecule has 3 fully saturated rings. The first-order chi connectivity index (χ1) is 47.3. The van der Waals surface area contributed by atoms with Crippen LogP contribution < -0.4 is 41.2 Å². The molecule has 4 aromatic carbocycles. The number of ether oxygens (including phenoxy) is 1. The first-order valence-electron chi connectivity index (χ1n) is 31.3. The van der Waals surface area contributed by atoms with Crippen LogP contribution in [0.1, 0.15) is 81.3 Å². The molecule has 0 spiro atoms. The van der Waals surface area contributed by atoms with Crippen molar-refractivity contribution in [1.82, 2.24) is 56.8 Å². The van der Waals surface area contributed by atoms with Crippen LogP contribution >= 0.6 is 35.0 Å². The highest BCUT2D eigenvalue weighted by Crippen LogP contribution is 2.37. The molecule has 6 aromatic rings. The van der Waals surface area contributed by atoms with Gasteiger partial charge in [0.2, 0.25) is 41.4 Å². The summed E-state index contributed by atoms with van der Waals surface area (Å²) in [5.41, 5.74) is 8.07. The number of aromatic nitrogens is 4. The van der Waals surface area contributed by atoms with Gasteiger partial charge in [-0.1, -0.05) is 101 Å². The molecule has 3 saturated heterocycles. The van der Waals surface area contributed by atoms with Gasteiger partial charge in [-0.2, -0.15) is 0 Å². The van der Waals surface area contributed by atoms with Crippen LogP contribution in [-0.4, -0.2) is 223 Å². The standard InChI is InChI=1S/C63H74N12O21S3/c1-4-5-6-21-93-39-18-15-35(16-19-39)61-73-72-60(98-61)34-13-11-33(12-14-34)59-71-70-58(97-59)32-9-7-31(8-10-32)53(85)66-40-23-37(77)26-65-57(89)49-50(82)29(2)27-75(49)63(91)47(43(80)25-45(64)81)68-56(88)48(52(84)51(83)36-17-20-42(79)44(22-36)94-99-96-95-92)69-55(87)41-24-38(78)28-74(41)62(90)46(30(3)76)67-54(40)86/h7-20,22,29-30,37-38,40-41,43,46-52,76-80,82-84,92H,4-6,21,23-28H2,1-3H3,(H2,64,81)(H,65,89)(H,66,85)(H,67,86)(H,68,88)(H,69,87)/t29?,30?,37?,38?,40-,41?,43?,46?,47?,48?,49?,50?,51?,52?/m0/s1. The summed E-state index contributed by atoms with van der Waals surface area (Å²) < 4.78 is 15.1. The van der Waals surface area contributed by atoms with Gasteiger partial charge in [-0.15, -0.1) is 20.4 Å². The van der Waals surface area contributed by atoms with Crippen LogP contribution in [0.5, 0.6) is 17.2 Å². The van der Waals surface area contributed by atoms with E-state index in [2.05, 4.69) is 63.3 Å². The number of aromatic hydroxyl groups is 1. The van der Waals surface area contributed by atoms with E-state index in [9.17, 15) is 79.2 Å². The molecule has 8 amide bonds. The van der Waals surface area contributed by atoms with Gasteiger partial charge in [0, 0.05) is 66.2 Å². The van der Waals surface area contributed by atoms with E-state index in [1.807, 2.05) is 48.5 Å². The van der Waals surface area contributed by atoms with Crippen molar-refractivity contribution >= 4 is 82.3 Å². The number of carbonyl (C=O) groups excluding carboxylic acids is 8. The van der Waals surface area contributed by atoms with E-state index in [1.54, 1.807) is 12.1 Å². The zero-order valence-corrected chi connectivity index (χ0v) is 55.7.